The number of nitrogens with one attached hydrogen (secondary N) is 1. The van der Waals surface area contributed by atoms with Crippen molar-refractivity contribution in [3.05, 3.63) is 0 Å². The molecule has 0 aromatic heterocycles. The minimum absolute atomic E-state index is 0. The summed E-state index contributed by atoms with van der Waals surface area (Å²) >= 11 is 0. The highest BCUT2D eigenvalue weighted by Gasteiger charge is 2.35. The highest BCUT2D eigenvalue weighted by molar-refractivity contribution is 5.85. The lowest BCUT2D eigenvalue weighted by Crippen LogP contribution is -2.54. The van der Waals surface area contributed by atoms with Crippen molar-refractivity contribution in [3.8, 4) is 0 Å². The molecule has 2 aliphatic heterocycles. The first kappa shape index (κ1) is 15.4. The molecule has 2 rings (SSSR count). The number of nitrogens with zero attached hydrogens (tertiary/aromatic N) is 1. The van der Waals surface area contributed by atoms with E-state index >= 15 is 0 Å². The van der Waals surface area contributed by atoms with E-state index < -0.39 is 0 Å². The maximum atomic E-state index is 9.46. The Bertz CT molecular complexity index is 185. The number of piperazine rings is 1. The second-order valence-electron chi connectivity index (χ2n) is 4.11. The van der Waals surface area contributed by atoms with Crippen LogP contribution in [0.1, 0.15) is 12.8 Å². The lowest BCUT2D eigenvalue weighted by molar-refractivity contribution is 0.141. The molecule has 0 unspecified atom stereocenters. The number of fused-ring (bicyclic) bond motifs is 1. The Kier molecular flexibility index (Phi) is 7.08. The third kappa shape index (κ3) is 3.73. The van der Waals surface area contributed by atoms with Gasteiger partial charge < -0.3 is 15.5 Å². The Morgan fingerprint density at radius 2 is 2.00 bits per heavy atom. The third-order valence-electron chi connectivity index (χ3n) is 3.08. The van der Waals surface area contributed by atoms with E-state index in [2.05, 4.69) is 10.2 Å². The van der Waals surface area contributed by atoms with E-state index in [0.717, 1.165) is 32.5 Å². The van der Waals surface area contributed by atoms with Crippen LogP contribution in [-0.2, 0) is 0 Å². The number of halogens is 2. The van der Waals surface area contributed by atoms with Gasteiger partial charge in [0.2, 0.25) is 0 Å². The van der Waals surface area contributed by atoms with Crippen LogP contribution in [0.25, 0.3) is 0 Å². The van der Waals surface area contributed by atoms with Gasteiger partial charge in [0.1, 0.15) is 0 Å². The van der Waals surface area contributed by atoms with Crippen molar-refractivity contribution in [2.45, 2.75) is 31.0 Å². The summed E-state index contributed by atoms with van der Waals surface area (Å²) in [6.45, 7) is 3.00. The average Bonchev–Trinajstić information content (AvgIpc) is 2.44. The number of aliphatic hydroxyl groups excluding tert-OH is 2. The lowest BCUT2D eigenvalue weighted by atomic mass is 10.1. The van der Waals surface area contributed by atoms with Gasteiger partial charge in [-0.3, -0.25) is 4.90 Å². The van der Waals surface area contributed by atoms with Crippen molar-refractivity contribution < 1.29 is 10.2 Å². The molecule has 0 amide bonds. The molecule has 0 aliphatic carbocycles. The van der Waals surface area contributed by atoms with Gasteiger partial charge in [-0.1, -0.05) is 0 Å². The Morgan fingerprint density at radius 1 is 1.27 bits per heavy atom. The molecule has 0 aromatic rings. The molecule has 3 N–H and O–H groups in total. The second kappa shape index (κ2) is 6.89. The molecule has 3 atom stereocenters. The van der Waals surface area contributed by atoms with E-state index in [1.807, 2.05) is 0 Å². The van der Waals surface area contributed by atoms with E-state index in [4.69, 9.17) is 5.11 Å². The molecule has 2 saturated heterocycles. The molecule has 0 spiro atoms. The fourth-order valence-electron chi connectivity index (χ4n) is 2.39. The summed E-state index contributed by atoms with van der Waals surface area (Å²) in [7, 11) is 0. The van der Waals surface area contributed by atoms with Crippen LogP contribution in [0.3, 0.4) is 0 Å². The first-order valence-electron chi connectivity index (χ1n) is 5.06. The monoisotopic (exact) mass is 258 g/mol. The zero-order valence-electron chi connectivity index (χ0n) is 8.63. The summed E-state index contributed by atoms with van der Waals surface area (Å²) in [6.07, 6.45) is 1.58. The molecule has 92 valence electrons. The van der Waals surface area contributed by atoms with Gasteiger partial charge in [-0.15, -0.1) is 24.8 Å². The van der Waals surface area contributed by atoms with Gasteiger partial charge in [0, 0.05) is 38.3 Å². The normalized spacial score (nSPS) is 35.2. The Balaban J connectivity index is 0.000000980. The number of hydrogen-bond acceptors (Lipinski definition) is 4. The molecule has 4 nitrogen and oxygen atoms in total. The lowest BCUT2D eigenvalue weighted by Gasteiger charge is -2.35. The van der Waals surface area contributed by atoms with Crippen LogP contribution in [0.4, 0.5) is 0 Å². The molecular weight excluding hydrogens is 239 g/mol. The van der Waals surface area contributed by atoms with Crippen molar-refractivity contribution in [2.75, 3.05) is 26.2 Å². The first-order chi connectivity index (χ1) is 6.29. The maximum absolute atomic E-state index is 9.46. The molecule has 0 radical (unpaired) electrons. The Morgan fingerprint density at radius 3 is 2.67 bits per heavy atom. The van der Waals surface area contributed by atoms with Gasteiger partial charge >= 0.3 is 0 Å². The van der Waals surface area contributed by atoms with Crippen LogP contribution in [0.5, 0.6) is 0 Å². The molecule has 2 aliphatic rings. The van der Waals surface area contributed by atoms with Crippen LogP contribution < -0.4 is 5.32 Å². The zero-order valence-corrected chi connectivity index (χ0v) is 10.3. The summed E-state index contributed by atoms with van der Waals surface area (Å²) in [5, 5.41) is 21.7. The largest absolute Gasteiger partial charge is 0.396 e. The van der Waals surface area contributed by atoms with Crippen LogP contribution in [0, 0.1) is 0 Å². The van der Waals surface area contributed by atoms with Crippen molar-refractivity contribution in [2.24, 2.45) is 0 Å². The molecule has 15 heavy (non-hydrogen) atoms. The molecule has 0 bridgehead atoms. The summed E-state index contributed by atoms with van der Waals surface area (Å²) < 4.78 is 0. The van der Waals surface area contributed by atoms with E-state index in [0.29, 0.717) is 12.1 Å². The standard InChI is InChI=1S/C9H18N2O2.2ClH/c12-2-1-7-5-11-6-9(13)3-8(11)4-10-7;;/h7-10,12-13H,1-6H2;2*1H/t7-,8+,9-;;/m1../s1. The molecule has 0 aromatic carbocycles. The maximum Gasteiger partial charge on any atom is 0.0682 e. The smallest absolute Gasteiger partial charge is 0.0682 e. The summed E-state index contributed by atoms with van der Waals surface area (Å²) in [4.78, 5) is 2.33. The van der Waals surface area contributed by atoms with Gasteiger partial charge in [0.05, 0.1) is 6.10 Å². The van der Waals surface area contributed by atoms with Crippen LogP contribution in [0.15, 0.2) is 0 Å². The topological polar surface area (TPSA) is 55.7 Å². The van der Waals surface area contributed by atoms with Crippen LogP contribution >= 0.6 is 24.8 Å². The van der Waals surface area contributed by atoms with Crippen molar-refractivity contribution in [3.63, 3.8) is 0 Å². The quantitative estimate of drug-likeness (QED) is 0.633. The Labute approximate surface area is 103 Å². The van der Waals surface area contributed by atoms with Crippen LogP contribution in [0.2, 0.25) is 0 Å². The molecule has 6 heteroatoms. The van der Waals surface area contributed by atoms with E-state index in [-0.39, 0.29) is 37.5 Å². The van der Waals surface area contributed by atoms with Gasteiger partial charge in [0.15, 0.2) is 0 Å². The van der Waals surface area contributed by atoms with E-state index in [1.54, 1.807) is 0 Å². The number of aliphatic hydroxyl groups is 2. The summed E-state index contributed by atoms with van der Waals surface area (Å²) in [5.74, 6) is 0. The van der Waals surface area contributed by atoms with Crippen molar-refractivity contribution in [1.82, 2.24) is 10.2 Å². The minimum atomic E-state index is -0.139. The van der Waals surface area contributed by atoms with Crippen LogP contribution in [-0.4, -0.2) is 59.5 Å². The first-order valence-corrected chi connectivity index (χ1v) is 5.06. The van der Waals surface area contributed by atoms with Gasteiger partial charge in [-0.2, -0.15) is 0 Å². The third-order valence-corrected chi connectivity index (χ3v) is 3.08. The van der Waals surface area contributed by atoms with E-state index in [9.17, 15) is 5.11 Å². The average molecular weight is 259 g/mol. The highest BCUT2D eigenvalue weighted by atomic mass is 35.5. The molecule has 0 saturated carbocycles. The zero-order chi connectivity index (χ0) is 9.26. The molecular formula is C9H20Cl2N2O2. The highest BCUT2D eigenvalue weighted by Crippen LogP contribution is 2.20. The predicted octanol–water partition coefficient (Wildman–Crippen LogP) is -0.381. The summed E-state index contributed by atoms with van der Waals surface area (Å²) in [6, 6.07) is 0.927. The summed E-state index contributed by atoms with van der Waals surface area (Å²) in [5.41, 5.74) is 0. The number of rotatable bonds is 2. The predicted molar refractivity (Wildman–Crippen MR) is 64.0 cm³/mol. The second-order valence-corrected chi connectivity index (χ2v) is 4.11. The van der Waals surface area contributed by atoms with Gasteiger partial charge in [0.25, 0.3) is 0 Å². The SMILES string of the molecule is Cl.Cl.OCC[C@@H]1CN2C[C@H](O)C[C@H]2CN1. The van der Waals surface area contributed by atoms with Gasteiger partial charge in [-0.05, 0) is 12.8 Å². The van der Waals surface area contributed by atoms with E-state index in [1.165, 1.54) is 0 Å². The van der Waals surface area contributed by atoms with Crippen molar-refractivity contribution in [1.29, 1.82) is 0 Å². The van der Waals surface area contributed by atoms with Crippen molar-refractivity contribution >= 4 is 24.8 Å². The number of hydrogen-bond donors (Lipinski definition) is 3. The molecule has 2 heterocycles. The minimum Gasteiger partial charge on any atom is -0.396 e. The van der Waals surface area contributed by atoms with Gasteiger partial charge in [-0.25, -0.2) is 0 Å². The molecule has 2 fully saturated rings. The Hall–Kier alpha value is 0.420. The fraction of sp³-hybridized carbons (Fsp3) is 1.00. The fourth-order valence-corrected chi connectivity index (χ4v) is 2.39.